The Morgan fingerprint density at radius 3 is 2.69 bits per heavy atom. The van der Waals surface area contributed by atoms with Gasteiger partial charge >= 0.3 is 0 Å². The van der Waals surface area contributed by atoms with Gasteiger partial charge < -0.3 is 10.3 Å². The fourth-order valence-electron chi connectivity index (χ4n) is 2.87. The van der Waals surface area contributed by atoms with Crippen molar-refractivity contribution in [2.24, 2.45) is 0 Å². The maximum Gasteiger partial charge on any atom is 0.261 e. The number of carbonyl (C=O) groups is 1. The summed E-state index contributed by atoms with van der Waals surface area (Å²) in [6, 6.07) is 14.9. The molecule has 2 aromatic carbocycles. The first-order valence-electron chi connectivity index (χ1n) is 8.35. The van der Waals surface area contributed by atoms with Crippen molar-refractivity contribution in [1.82, 2.24) is 24.8 Å². The maximum absolute atomic E-state index is 12.4. The van der Waals surface area contributed by atoms with E-state index in [4.69, 9.17) is 0 Å². The van der Waals surface area contributed by atoms with Gasteiger partial charge in [-0.25, -0.2) is 9.97 Å². The first-order chi connectivity index (χ1) is 12.7. The lowest BCUT2D eigenvalue weighted by Crippen LogP contribution is -2.33. The van der Waals surface area contributed by atoms with Gasteiger partial charge in [0.25, 0.3) is 5.56 Å². The summed E-state index contributed by atoms with van der Waals surface area (Å²) in [7, 11) is 0. The van der Waals surface area contributed by atoms with Crippen LogP contribution in [0.15, 0.2) is 59.7 Å². The van der Waals surface area contributed by atoms with Crippen molar-refractivity contribution in [1.29, 1.82) is 0 Å². The molecule has 0 aliphatic rings. The lowest BCUT2D eigenvalue weighted by atomic mass is 10.2. The number of benzene rings is 2. The summed E-state index contributed by atoms with van der Waals surface area (Å²) in [5, 5.41) is 3.32. The Bertz CT molecular complexity index is 1110. The summed E-state index contributed by atoms with van der Waals surface area (Å²) >= 11 is 0. The number of nitrogens with zero attached hydrogens (tertiary/aromatic N) is 3. The number of hydrogen-bond acceptors (Lipinski definition) is 4. The molecular formula is C19H17N5O2. The van der Waals surface area contributed by atoms with Crippen LogP contribution in [0.5, 0.6) is 0 Å². The number of para-hydroxylation sites is 3. The van der Waals surface area contributed by atoms with Gasteiger partial charge in [-0.15, -0.1) is 0 Å². The molecule has 2 heterocycles. The molecule has 7 nitrogen and oxygen atoms in total. The Morgan fingerprint density at radius 1 is 1.08 bits per heavy atom. The summed E-state index contributed by atoms with van der Waals surface area (Å²) in [6.45, 7) is 0.380. The van der Waals surface area contributed by atoms with E-state index in [9.17, 15) is 9.59 Å². The second kappa shape index (κ2) is 6.79. The molecule has 1 amide bonds. The third-order valence-electron chi connectivity index (χ3n) is 4.17. The number of amides is 1. The van der Waals surface area contributed by atoms with Gasteiger partial charge in [-0.2, -0.15) is 0 Å². The van der Waals surface area contributed by atoms with Crippen LogP contribution >= 0.6 is 0 Å². The monoisotopic (exact) mass is 347 g/mol. The second-order valence-electron chi connectivity index (χ2n) is 6.00. The minimum Gasteiger partial charge on any atom is -0.354 e. The van der Waals surface area contributed by atoms with Gasteiger partial charge in [-0.1, -0.05) is 24.3 Å². The summed E-state index contributed by atoms with van der Waals surface area (Å²) < 4.78 is 1.32. The average molecular weight is 347 g/mol. The van der Waals surface area contributed by atoms with Crippen LogP contribution in [0.4, 0.5) is 0 Å². The van der Waals surface area contributed by atoms with Gasteiger partial charge in [0.1, 0.15) is 12.4 Å². The third kappa shape index (κ3) is 3.19. The lowest BCUT2D eigenvalue weighted by Gasteiger charge is -2.07. The molecule has 0 aliphatic heterocycles. The van der Waals surface area contributed by atoms with E-state index in [0.717, 1.165) is 16.9 Å². The Labute approximate surface area is 148 Å². The third-order valence-corrected chi connectivity index (χ3v) is 4.17. The Morgan fingerprint density at radius 2 is 1.85 bits per heavy atom. The Hall–Kier alpha value is -3.48. The fraction of sp³-hybridized carbons (Fsp3) is 0.158. The molecule has 0 saturated heterocycles. The molecule has 130 valence electrons. The van der Waals surface area contributed by atoms with Crippen LogP contribution in [0.25, 0.3) is 21.9 Å². The molecule has 26 heavy (non-hydrogen) atoms. The molecule has 0 radical (unpaired) electrons. The largest absolute Gasteiger partial charge is 0.354 e. The van der Waals surface area contributed by atoms with Crippen LogP contribution in [-0.2, 0) is 17.8 Å². The van der Waals surface area contributed by atoms with Crippen LogP contribution in [0.2, 0.25) is 0 Å². The van der Waals surface area contributed by atoms with E-state index in [0.29, 0.717) is 23.9 Å². The van der Waals surface area contributed by atoms with Crippen molar-refractivity contribution in [2.75, 3.05) is 6.54 Å². The first-order valence-corrected chi connectivity index (χ1v) is 8.35. The van der Waals surface area contributed by atoms with Crippen molar-refractivity contribution < 1.29 is 4.79 Å². The van der Waals surface area contributed by atoms with E-state index >= 15 is 0 Å². The van der Waals surface area contributed by atoms with Gasteiger partial charge in [0, 0.05) is 13.0 Å². The van der Waals surface area contributed by atoms with E-state index in [1.165, 1.54) is 10.9 Å². The number of aromatic nitrogens is 4. The fourth-order valence-corrected chi connectivity index (χ4v) is 2.87. The highest BCUT2D eigenvalue weighted by atomic mass is 16.2. The number of hydrogen-bond donors (Lipinski definition) is 2. The number of fused-ring (bicyclic) bond motifs is 2. The average Bonchev–Trinajstić information content (AvgIpc) is 3.07. The molecule has 2 aromatic heterocycles. The van der Waals surface area contributed by atoms with Crippen LogP contribution in [-0.4, -0.2) is 32.0 Å². The quantitative estimate of drug-likeness (QED) is 0.574. The number of carbonyl (C=O) groups excluding carboxylic acids is 1. The van der Waals surface area contributed by atoms with Gasteiger partial charge in [0.05, 0.1) is 28.3 Å². The molecule has 0 bridgehead atoms. The normalized spacial score (nSPS) is 11.1. The van der Waals surface area contributed by atoms with Crippen molar-refractivity contribution in [3.63, 3.8) is 0 Å². The minimum absolute atomic E-state index is 0.0587. The molecule has 0 unspecified atom stereocenters. The predicted octanol–water partition coefficient (Wildman–Crippen LogP) is 1.63. The zero-order valence-corrected chi connectivity index (χ0v) is 14.0. The van der Waals surface area contributed by atoms with Crippen molar-refractivity contribution >= 4 is 27.8 Å². The SMILES string of the molecule is O=C(Cn1cnc2ccccc2c1=O)NCCc1nc2ccccc2[nH]1. The zero-order valence-electron chi connectivity index (χ0n) is 14.0. The van der Waals surface area contributed by atoms with Crippen molar-refractivity contribution in [3.05, 3.63) is 71.0 Å². The van der Waals surface area contributed by atoms with Crippen LogP contribution in [0, 0.1) is 0 Å². The number of imidazole rings is 1. The molecule has 0 atom stereocenters. The molecule has 0 spiro atoms. The number of aromatic amines is 1. The number of rotatable bonds is 5. The Balaban J connectivity index is 1.38. The van der Waals surface area contributed by atoms with E-state index < -0.39 is 0 Å². The van der Waals surface area contributed by atoms with Crippen LogP contribution in [0.3, 0.4) is 0 Å². The first kappa shape index (κ1) is 16.0. The second-order valence-corrected chi connectivity index (χ2v) is 6.00. The highest BCUT2D eigenvalue weighted by Crippen LogP contribution is 2.10. The molecule has 0 fully saturated rings. The summed E-state index contributed by atoms with van der Waals surface area (Å²) in [4.78, 5) is 36.4. The number of nitrogens with one attached hydrogen (secondary N) is 2. The highest BCUT2D eigenvalue weighted by Gasteiger charge is 2.08. The van der Waals surface area contributed by atoms with Crippen LogP contribution < -0.4 is 10.9 Å². The van der Waals surface area contributed by atoms with Crippen molar-refractivity contribution in [2.45, 2.75) is 13.0 Å². The molecule has 0 aliphatic carbocycles. The maximum atomic E-state index is 12.4. The molecule has 4 aromatic rings. The Kier molecular flexibility index (Phi) is 4.18. The minimum atomic E-state index is -0.236. The summed E-state index contributed by atoms with van der Waals surface area (Å²) in [5.74, 6) is 0.580. The van der Waals surface area contributed by atoms with E-state index in [-0.39, 0.29) is 18.0 Å². The summed E-state index contributed by atoms with van der Waals surface area (Å²) in [5.41, 5.74) is 2.28. The van der Waals surface area contributed by atoms with Gasteiger partial charge in [0.2, 0.25) is 5.91 Å². The molecule has 7 heteroatoms. The van der Waals surface area contributed by atoms with Crippen LogP contribution in [0.1, 0.15) is 5.82 Å². The van der Waals surface area contributed by atoms with E-state index in [1.54, 1.807) is 18.2 Å². The van der Waals surface area contributed by atoms with Crippen molar-refractivity contribution in [3.8, 4) is 0 Å². The summed E-state index contributed by atoms with van der Waals surface area (Å²) in [6.07, 6.45) is 1.99. The topological polar surface area (TPSA) is 92.7 Å². The van der Waals surface area contributed by atoms with E-state index in [2.05, 4.69) is 20.3 Å². The molecule has 0 saturated carbocycles. The zero-order chi connectivity index (χ0) is 17.9. The van der Waals surface area contributed by atoms with Gasteiger partial charge in [-0.05, 0) is 24.3 Å². The van der Waals surface area contributed by atoms with Gasteiger partial charge in [0.15, 0.2) is 0 Å². The smallest absolute Gasteiger partial charge is 0.261 e. The molecular weight excluding hydrogens is 330 g/mol. The van der Waals surface area contributed by atoms with E-state index in [1.807, 2.05) is 30.3 Å². The number of H-pyrrole nitrogens is 1. The van der Waals surface area contributed by atoms with Gasteiger partial charge in [-0.3, -0.25) is 14.2 Å². The molecule has 4 rings (SSSR count). The lowest BCUT2D eigenvalue weighted by molar-refractivity contribution is -0.121. The molecule has 2 N–H and O–H groups in total. The highest BCUT2D eigenvalue weighted by molar-refractivity contribution is 5.79. The standard InChI is InChI=1S/C19H17N5O2/c25-18(11-24-12-21-14-6-2-1-5-13(14)19(24)26)20-10-9-17-22-15-7-3-4-8-16(15)23-17/h1-8,12H,9-11H2,(H,20,25)(H,22,23). The predicted molar refractivity (Wildman–Crippen MR) is 98.8 cm³/mol.